The van der Waals surface area contributed by atoms with E-state index >= 15 is 0 Å². The van der Waals surface area contributed by atoms with Crippen LogP contribution < -0.4 is 40.6 Å². The molecule has 0 radical (unpaired) electrons. The molecule has 0 saturated carbocycles. The summed E-state index contributed by atoms with van der Waals surface area (Å²) < 4.78 is 33.2. The molecule has 19 nitrogen and oxygen atoms in total. The van der Waals surface area contributed by atoms with Gasteiger partial charge >= 0.3 is 12.2 Å². The first-order valence-electron chi connectivity index (χ1n) is 25.6. The van der Waals surface area contributed by atoms with Crippen LogP contribution in [0.1, 0.15) is 73.8 Å². The molecule has 2 saturated heterocycles. The minimum absolute atomic E-state index is 0.0563. The smallest absolute Gasteiger partial charge is 0.410 e. The van der Waals surface area contributed by atoms with Gasteiger partial charge in [0.1, 0.15) is 34.2 Å². The number of aromatic nitrogens is 4. The van der Waals surface area contributed by atoms with Crippen molar-refractivity contribution in [2.45, 2.75) is 111 Å². The molecule has 0 spiro atoms. The van der Waals surface area contributed by atoms with E-state index in [0.29, 0.717) is 101 Å². The van der Waals surface area contributed by atoms with Gasteiger partial charge in [-0.1, -0.05) is 46.9 Å². The van der Waals surface area contributed by atoms with E-state index in [1.165, 1.54) is 6.92 Å². The van der Waals surface area contributed by atoms with E-state index < -0.39 is 17.3 Å². The first-order chi connectivity index (χ1) is 36.9. The standard InChI is InChI=1S/C29H36ClN5O5.C27H33Cl2N5O4/c1-16-23(38-6)12-24(39-7)26(30)25(16)18-8-9-22-19(10-18)13-32-27(34-22)33-20-11-21(14-31-17(2)36)35(15-20)28(37)40-29(3,4)5;1-6-37-21-11-20(36-5)23(28)22(24(21)29)15-7-8-19-16(9-15)13-31-25(33-19)32-17-10-18(12-30)34(14-17)26(35)38-27(2,3)4/h8-10,12-13,20-21H,11,14-15H2,1-7H3,(H,31,36)(H,32,33,34);7-9,11,13,17-18H,6,10,12,14,30H2,1-5H3,(H,31,32,33). The van der Waals surface area contributed by atoms with E-state index in [-0.39, 0.29) is 36.2 Å². The first-order valence-corrected chi connectivity index (χ1v) is 26.7. The minimum atomic E-state index is -0.625. The summed E-state index contributed by atoms with van der Waals surface area (Å²) in [6.07, 6.45) is 3.99. The van der Waals surface area contributed by atoms with E-state index in [2.05, 4.69) is 30.9 Å². The predicted molar refractivity (Wildman–Crippen MR) is 306 cm³/mol. The molecule has 4 unspecified atom stereocenters. The Hall–Kier alpha value is -6.80. The van der Waals surface area contributed by atoms with Crippen molar-refractivity contribution in [1.82, 2.24) is 35.1 Å². The molecule has 6 aromatic rings. The van der Waals surface area contributed by atoms with E-state index in [1.54, 1.807) is 55.7 Å². The maximum atomic E-state index is 12.9. The molecule has 0 bridgehead atoms. The topological polar surface area (TPSA) is 227 Å². The van der Waals surface area contributed by atoms with Crippen LogP contribution in [0.3, 0.4) is 0 Å². The Morgan fingerprint density at radius 1 is 0.667 bits per heavy atom. The Labute approximate surface area is 470 Å². The number of nitrogens with one attached hydrogen (secondary N) is 3. The quantitative estimate of drug-likeness (QED) is 0.0795. The number of methoxy groups -OCH3 is 3. The van der Waals surface area contributed by atoms with Gasteiger partial charge in [-0.2, -0.15) is 0 Å². The third-order valence-corrected chi connectivity index (χ3v) is 14.0. The molecule has 78 heavy (non-hydrogen) atoms. The molecular formula is C56H69Cl3N10O9. The normalized spacial score (nSPS) is 17.3. The van der Waals surface area contributed by atoms with Gasteiger partial charge in [-0.3, -0.25) is 4.79 Å². The Morgan fingerprint density at radius 2 is 1.12 bits per heavy atom. The number of carbonyl (C=O) groups is 3. The molecule has 3 amide bonds. The summed E-state index contributed by atoms with van der Waals surface area (Å²) in [5, 5.41) is 12.5. The number of ether oxygens (including phenoxy) is 6. The molecule has 418 valence electrons. The van der Waals surface area contributed by atoms with E-state index in [9.17, 15) is 14.4 Å². The lowest BCUT2D eigenvalue weighted by Crippen LogP contribution is -2.45. The van der Waals surface area contributed by atoms with E-state index in [0.717, 1.165) is 44.1 Å². The second-order valence-electron chi connectivity index (χ2n) is 20.9. The maximum Gasteiger partial charge on any atom is 0.410 e. The van der Waals surface area contributed by atoms with E-state index in [4.69, 9.17) is 73.9 Å². The van der Waals surface area contributed by atoms with Crippen molar-refractivity contribution in [3.05, 3.63) is 81.6 Å². The van der Waals surface area contributed by atoms with Gasteiger partial charge < -0.3 is 59.9 Å². The van der Waals surface area contributed by atoms with Crippen LogP contribution in [0.25, 0.3) is 44.1 Å². The first kappa shape index (κ1) is 58.9. The van der Waals surface area contributed by atoms with Gasteiger partial charge in [0.15, 0.2) is 0 Å². The number of hydrogen-bond donors (Lipinski definition) is 4. The fourth-order valence-electron chi connectivity index (χ4n) is 9.35. The molecule has 4 aromatic carbocycles. The summed E-state index contributed by atoms with van der Waals surface area (Å²) in [5.41, 5.74) is 10.2. The lowest BCUT2D eigenvalue weighted by molar-refractivity contribution is -0.119. The molecule has 4 atom stereocenters. The number of halogens is 3. The lowest BCUT2D eigenvalue weighted by atomic mass is 9.98. The number of carbonyl (C=O) groups excluding carboxylic acids is 3. The highest BCUT2D eigenvalue weighted by atomic mass is 35.5. The highest BCUT2D eigenvalue weighted by Crippen LogP contribution is 2.47. The van der Waals surface area contributed by atoms with Crippen LogP contribution in [0.15, 0.2) is 60.9 Å². The third kappa shape index (κ3) is 14.1. The summed E-state index contributed by atoms with van der Waals surface area (Å²) >= 11 is 20.0. The molecule has 0 aliphatic carbocycles. The van der Waals surface area contributed by atoms with E-state index in [1.807, 2.05) is 91.8 Å². The zero-order valence-electron chi connectivity index (χ0n) is 46.1. The zero-order chi connectivity index (χ0) is 56.8. The Morgan fingerprint density at radius 3 is 1.58 bits per heavy atom. The average Bonchev–Trinajstić information content (AvgIpc) is 4.00. The van der Waals surface area contributed by atoms with Gasteiger partial charge in [0.2, 0.25) is 17.8 Å². The van der Waals surface area contributed by atoms with Crippen LogP contribution in [0.4, 0.5) is 21.5 Å². The van der Waals surface area contributed by atoms with Crippen molar-refractivity contribution in [2.75, 3.05) is 64.7 Å². The summed E-state index contributed by atoms with van der Waals surface area (Å²) in [7, 11) is 4.73. The maximum absolute atomic E-state index is 12.9. The number of likely N-dealkylation sites (tertiary alicyclic amines) is 2. The number of rotatable bonds is 14. The minimum Gasteiger partial charge on any atom is -0.496 e. The van der Waals surface area contributed by atoms with Crippen LogP contribution >= 0.6 is 34.8 Å². The summed E-state index contributed by atoms with van der Waals surface area (Å²) in [6.45, 7) is 18.3. The van der Waals surface area contributed by atoms with Crippen molar-refractivity contribution in [3.8, 4) is 45.3 Å². The van der Waals surface area contributed by atoms with Crippen LogP contribution in [-0.2, 0) is 14.3 Å². The van der Waals surface area contributed by atoms with Gasteiger partial charge in [-0.05, 0) is 104 Å². The molecule has 8 rings (SSSR count). The second kappa shape index (κ2) is 24.9. The Balaban J connectivity index is 0.000000226. The number of anilines is 2. The third-order valence-electron chi connectivity index (χ3n) is 12.9. The summed E-state index contributed by atoms with van der Waals surface area (Å²) in [6, 6.07) is 14.5. The van der Waals surface area contributed by atoms with Crippen molar-refractivity contribution in [3.63, 3.8) is 0 Å². The van der Waals surface area contributed by atoms with Crippen LogP contribution in [0.5, 0.6) is 23.0 Å². The van der Waals surface area contributed by atoms with Crippen LogP contribution in [-0.4, -0.2) is 137 Å². The lowest BCUT2D eigenvalue weighted by Gasteiger charge is -2.28. The van der Waals surface area contributed by atoms with Gasteiger partial charge in [0, 0.05) is 103 Å². The van der Waals surface area contributed by atoms with Crippen molar-refractivity contribution in [2.24, 2.45) is 5.73 Å². The molecule has 2 fully saturated rings. The van der Waals surface area contributed by atoms with Crippen LogP contribution in [0.2, 0.25) is 15.1 Å². The SMILES string of the molecule is CCOc1cc(OC)c(Cl)c(-c2ccc3nc(NC4CC(CN)N(C(=O)OC(C)(C)C)C4)ncc3c2)c1Cl.COc1cc(OC)c(Cl)c(-c2ccc3nc(NC4CC(CNC(C)=O)N(C(=O)OC(C)(C)C)C4)ncc3c2)c1C. The van der Waals surface area contributed by atoms with Crippen molar-refractivity contribution >= 4 is 86.6 Å². The summed E-state index contributed by atoms with van der Waals surface area (Å²) in [5.74, 6) is 2.94. The molecule has 5 N–H and O–H groups in total. The number of nitrogens with two attached hydrogens (primary N) is 1. The number of hydrogen-bond acceptors (Lipinski definition) is 16. The number of benzene rings is 4. The van der Waals surface area contributed by atoms with Gasteiger partial charge in [0.25, 0.3) is 0 Å². The number of nitrogens with zero attached hydrogens (tertiary/aromatic N) is 6. The second-order valence-corrected chi connectivity index (χ2v) is 22.1. The molecule has 22 heteroatoms. The highest BCUT2D eigenvalue weighted by Gasteiger charge is 2.39. The summed E-state index contributed by atoms with van der Waals surface area (Å²) in [4.78, 5) is 58.8. The molecular weight excluding hydrogens is 1060 g/mol. The fraction of sp³-hybridized carbons (Fsp3) is 0.446. The molecule has 2 aromatic heterocycles. The predicted octanol–water partition coefficient (Wildman–Crippen LogP) is 11.0. The number of fused-ring (bicyclic) bond motifs is 2. The largest absolute Gasteiger partial charge is 0.496 e. The Bertz CT molecular complexity index is 3140. The van der Waals surface area contributed by atoms with Gasteiger partial charge in [-0.25, -0.2) is 29.5 Å². The van der Waals surface area contributed by atoms with Gasteiger partial charge in [-0.15, -0.1) is 0 Å². The zero-order valence-corrected chi connectivity index (χ0v) is 48.4. The number of amides is 3. The molecule has 2 aliphatic rings. The van der Waals surface area contributed by atoms with Crippen LogP contribution in [0, 0.1) is 6.92 Å². The fourth-order valence-corrected chi connectivity index (χ4v) is 10.4. The molecule has 2 aliphatic heterocycles. The van der Waals surface area contributed by atoms with Crippen molar-refractivity contribution < 1.29 is 42.8 Å². The monoisotopic (exact) mass is 1130 g/mol. The molecule has 4 heterocycles. The van der Waals surface area contributed by atoms with Gasteiger partial charge in [0.05, 0.1) is 60.1 Å². The average molecular weight is 1130 g/mol. The Kier molecular flexibility index (Phi) is 18.8. The van der Waals surface area contributed by atoms with Crippen molar-refractivity contribution in [1.29, 1.82) is 0 Å². The highest BCUT2D eigenvalue weighted by molar-refractivity contribution is 6.41.